The molecule has 0 saturated heterocycles. The summed E-state index contributed by atoms with van der Waals surface area (Å²) in [6.45, 7) is 7.77. The standard InChI is InChI=1S/C14H19N3O2S2/c1-9(13(18)16-14(2,3)4)21-8-11-15-12(17-19-11)10-6-5-7-20-10/h5-7,9H,8H2,1-4H3,(H,16,18). The van der Waals surface area contributed by atoms with Gasteiger partial charge >= 0.3 is 0 Å². The highest BCUT2D eigenvalue weighted by molar-refractivity contribution is 7.99. The summed E-state index contributed by atoms with van der Waals surface area (Å²) < 4.78 is 5.21. The van der Waals surface area contributed by atoms with Crippen molar-refractivity contribution < 1.29 is 9.32 Å². The average molecular weight is 325 g/mol. The molecule has 0 saturated carbocycles. The lowest BCUT2D eigenvalue weighted by Gasteiger charge is -2.22. The molecule has 2 heterocycles. The van der Waals surface area contributed by atoms with Crippen LogP contribution in [0.3, 0.4) is 0 Å². The van der Waals surface area contributed by atoms with Gasteiger partial charge in [0.05, 0.1) is 15.9 Å². The third-order valence-corrected chi connectivity index (χ3v) is 4.53. The smallest absolute Gasteiger partial charge is 0.237 e. The zero-order valence-corrected chi connectivity index (χ0v) is 14.2. The van der Waals surface area contributed by atoms with Crippen LogP contribution in [0.1, 0.15) is 33.6 Å². The Bertz CT molecular complexity index is 588. The molecule has 5 nitrogen and oxygen atoms in total. The summed E-state index contributed by atoms with van der Waals surface area (Å²) in [5, 5.41) is 8.72. The van der Waals surface area contributed by atoms with Crippen LogP contribution in [0, 0.1) is 0 Å². The van der Waals surface area contributed by atoms with Crippen LogP contribution in [0.5, 0.6) is 0 Å². The van der Waals surface area contributed by atoms with Crippen LogP contribution in [-0.4, -0.2) is 26.8 Å². The van der Waals surface area contributed by atoms with Crippen molar-refractivity contribution in [2.24, 2.45) is 0 Å². The van der Waals surface area contributed by atoms with E-state index >= 15 is 0 Å². The molecule has 0 fully saturated rings. The van der Waals surface area contributed by atoms with Crippen LogP contribution in [0.15, 0.2) is 22.0 Å². The van der Waals surface area contributed by atoms with Crippen molar-refractivity contribution in [1.82, 2.24) is 15.5 Å². The van der Waals surface area contributed by atoms with Gasteiger partial charge in [-0.2, -0.15) is 4.98 Å². The van der Waals surface area contributed by atoms with E-state index in [0.717, 1.165) is 4.88 Å². The van der Waals surface area contributed by atoms with Gasteiger partial charge in [-0.05, 0) is 39.1 Å². The van der Waals surface area contributed by atoms with Gasteiger partial charge in [0, 0.05) is 5.54 Å². The molecule has 0 radical (unpaired) electrons. The van der Waals surface area contributed by atoms with Gasteiger partial charge in [-0.15, -0.1) is 23.1 Å². The van der Waals surface area contributed by atoms with Gasteiger partial charge < -0.3 is 9.84 Å². The summed E-state index contributed by atoms with van der Waals surface area (Å²) in [7, 11) is 0. The van der Waals surface area contributed by atoms with E-state index in [0.29, 0.717) is 17.5 Å². The van der Waals surface area contributed by atoms with Gasteiger partial charge in [0.1, 0.15) is 0 Å². The number of aromatic nitrogens is 2. The fourth-order valence-corrected chi connectivity index (χ4v) is 2.93. The second-order valence-corrected chi connectivity index (χ2v) is 7.96. The first kappa shape index (κ1) is 16.0. The van der Waals surface area contributed by atoms with Crippen LogP contribution < -0.4 is 5.32 Å². The number of thiophene rings is 1. The van der Waals surface area contributed by atoms with Crippen molar-refractivity contribution in [1.29, 1.82) is 0 Å². The summed E-state index contributed by atoms with van der Waals surface area (Å²) >= 11 is 3.05. The van der Waals surface area contributed by atoms with Crippen LogP contribution in [0.4, 0.5) is 0 Å². The molecule has 2 aromatic heterocycles. The third kappa shape index (κ3) is 4.86. The molecular formula is C14H19N3O2S2. The highest BCUT2D eigenvalue weighted by Crippen LogP contribution is 2.23. The van der Waals surface area contributed by atoms with Crippen molar-refractivity contribution >= 4 is 29.0 Å². The molecule has 0 aliphatic carbocycles. The van der Waals surface area contributed by atoms with Crippen molar-refractivity contribution in [2.45, 2.75) is 44.2 Å². The monoisotopic (exact) mass is 325 g/mol. The van der Waals surface area contributed by atoms with Gasteiger partial charge in [-0.3, -0.25) is 4.79 Å². The zero-order chi connectivity index (χ0) is 15.5. The topological polar surface area (TPSA) is 68.0 Å². The molecule has 7 heteroatoms. The minimum atomic E-state index is -0.220. The van der Waals surface area contributed by atoms with Gasteiger partial charge in [-0.1, -0.05) is 11.2 Å². The van der Waals surface area contributed by atoms with Gasteiger partial charge in [-0.25, -0.2) is 0 Å². The normalized spacial score (nSPS) is 13.1. The average Bonchev–Trinajstić information content (AvgIpc) is 3.04. The molecule has 0 aliphatic rings. The second kappa shape index (κ2) is 6.62. The minimum Gasteiger partial charge on any atom is -0.351 e. The first-order chi connectivity index (χ1) is 9.85. The van der Waals surface area contributed by atoms with E-state index in [4.69, 9.17) is 4.52 Å². The lowest BCUT2D eigenvalue weighted by Crippen LogP contribution is -2.44. The largest absolute Gasteiger partial charge is 0.351 e. The molecule has 0 bridgehead atoms. The van der Waals surface area contributed by atoms with E-state index in [2.05, 4.69) is 15.5 Å². The number of nitrogens with one attached hydrogen (secondary N) is 1. The Balaban J connectivity index is 1.87. The van der Waals surface area contributed by atoms with Crippen molar-refractivity contribution in [3.8, 4) is 10.7 Å². The Morgan fingerprint density at radius 3 is 2.90 bits per heavy atom. The third-order valence-electron chi connectivity index (χ3n) is 2.53. The lowest BCUT2D eigenvalue weighted by atomic mass is 10.1. The van der Waals surface area contributed by atoms with Gasteiger partial charge in [0.25, 0.3) is 0 Å². The highest BCUT2D eigenvalue weighted by atomic mass is 32.2. The zero-order valence-electron chi connectivity index (χ0n) is 12.5. The molecule has 2 aromatic rings. The van der Waals surface area contributed by atoms with E-state index in [1.54, 1.807) is 11.3 Å². The maximum absolute atomic E-state index is 12.0. The summed E-state index contributed by atoms with van der Waals surface area (Å²) in [6.07, 6.45) is 0. The predicted molar refractivity (Wildman–Crippen MR) is 86.3 cm³/mol. The second-order valence-electron chi connectivity index (χ2n) is 5.68. The highest BCUT2D eigenvalue weighted by Gasteiger charge is 2.20. The van der Waals surface area contributed by atoms with Crippen LogP contribution in [0.2, 0.25) is 0 Å². The minimum absolute atomic E-state index is 0.0190. The van der Waals surface area contributed by atoms with E-state index in [1.165, 1.54) is 11.8 Å². The summed E-state index contributed by atoms with van der Waals surface area (Å²) in [5.74, 6) is 1.69. The number of carbonyl (C=O) groups excluding carboxylic acids is 1. The number of hydrogen-bond donors (Lipinski definition) is 1. The number of hydrogen-bond acceptors (Lipinski definition) is 6. The molecule has 2 rings (SSSR count). The molecule has 1 amide bonds. The Morgan fingerprint density at radius 1 is 1.52 bits per heavy atom. The molecular weight excluding hydrogens is 306 g/mol. The summed E-state index contributed by atoms with van der Waals surface area (Å²) in [6, 6.07) is 3.90. The fourth-order valence-electron chi connectivity index (χ4n) is 1.56. The van der Waals surface area contributed by atoms with Crippen LogP contribution >= 0.6 is 23.1 Å². The SMILES string of the molecule is CC(SCc1nc(-c2cccs2)no1)C(=O)NC(C)(C)C. The Labute approximate surface area is 132 Å². The maximum atomic E-state index is 12.0. The molecule has 1 N–H and O–H groups in total. The molecule has 0 aromatic carbocycles. The quantitative estimate of drug-likeness (QED) is 0.913. The Morgan fingerprint density at radius 2 is 2.29 bits per heavy atom. The maximum Gasteiger partial charge on any atom is 0.237 e. The fraction of sp³-hybridized carbons (Fsp3) is 0.500. The number of carbonyl (C=O) groups is 1. The van der Waals surface area contributed by atoms with E-state index in [-0.39, 0.29) is 16.7 Å². The van der Waals surface area contributed by atoms with E-state index in [9.17, 15) is 4.79 Å². The van der Waals surface area contributed by atoms with Crippen molar-refractivity contribution in [3.05, 3.63) is 23.4 Å². The molecule has 1 atom stereocenters. The Hall–Kier alpha value is -1.34. The molecule has 114 valence electrons. The van der Waals surface area contributed by atoms with Gasteiger partial charge in [0.2, 0.25) is 17.6 Å². The lowest BCUT2D eigenvalue weighted by molar-refractivity contribution is -0.121. The number of thioether (sulfide) groups is 1. The van der Waals surface area contributed by atoms with E-state index < -0.39 is 0 Å². The molecule has 0 spiro atoms. The summed E-state index contributed by atoms with van der Waals surface area (Å²) in [5.41, 5.74) is -0.220. The first-order valence-electron chi connectivity index (χ1n) is 6.65. The molecule has 1 unspecified atom stereocenters. The van der Waals surface area contributed by atoms with Crippen molar-refractivity contribution in [3.63, 3.8) is 0 Å². The Kier molecular flexibility index (Phi) is 5.05. The van der Waals surface area contributed by atoms with E-state index in [1.807, 2.05) is 45.2 Å². The number of rotatable bonds is 5. The van der Waals surface area contributed by atoms with Crippen molar-refractivity contribution in [2.75, 3.05) is 0 Å². The molecule has 0 aliphatic heterocycles. The summed E-state index contributed by atoms with van der Waals surface area (Å²) in [4.78, 5) is 17.3. The molecule has 21 heavy (non-hydrogen) atoms. The predicted octanol–water partition coefficient (Wildman–Crippen LogP) is 3.33. The first-order valence-corrected chi connectivity index (χ1v) is 8.58. The number of amides is 1. The van der Waals surface area contributed by atoms with Gasteiger partial charge in [0.15, 0.2) is 0 Å². The van der Waals surface area contributed by atoms with Crippen LogP contribution in [0.25, 0.3) is 10.7 Å². The number of nitrogens with zero attached hydrogens (tertiary/aromatic N) is 2. The van der Waals surface area contributed by atoms with Crippen LogP contribution in [-0.2, 0) is 10.5 Å².